The molecule has 0 saturated heterocycles. The Bertz CT molecular complexity index is 145. The summed E-state index contributed by atoms with van der Waals surface area (Å²) in [6.07, 6.45) is 8.21. The lowest BCUT2D eigenvalue weighted by Crippen LogP contribution is -1.73. The molecule has 0 bridgehead atoms. The van der Waals surface area contributed by atoms with E-state index in [0.717, 1.165) is 0 Å². The van der Waals surface area contributed by atoms with Gasteiger partial charge >= 0.3 is 0 Å². The molecule has 0 saturated carbocycles. The van der Waals surface area contributed by atoms with Gasteiger partial charge in [-0.3, -0.25) is 0 Å². The molecule has 0 aliphatic carbocycles. The molecule has 0 spiro atoms. The molecule has 0 heterocycles. The summed E-state index contributed by atoms with van der Waals surface area (Å²) in [5.41, 5.74) is 2.93. The van der Waals surface area contributed by atoms with Gasteiger partial charge in [0, 0.05) is 0 Å². The van der Waals surface area contributed by atoms with Crippen LogP contribution in [0.1, 0.15) is 47.0 Å². The Morgan fingerprint density at radius 2 is 1.55 bits per heavy atom. The Balaban J connectivity index is 3.49. The predicted octanol–water partition coefficient (Wildman–Crippen LogP) is 4.09. The van der Waals surface area contributed by atoms with Crippen LogP contribution in [-0.4, -0.2) is 0 Å². The van der Waals surface area contributed by atoms with E-state index in [1.54, 1.807) is 0 Å². The van der Waals surface area contributed by atoms with Gasteiger partial charge in [-0.25, -0.2) is 0 Å². The quantitative estimate of drug-likeness (QED) is 0.420. The van der Waals surface area contributed by atoms with Crippen molar-refractivity contribution in [2.75, 3.05) is 0 Å². The van der Waals surface area contributed by atoms with Crippen molar-refractivity contribution in [3.63, 3.8) is 0 Å². The van der Waals surface area contributed by atoms with Crippen molar-refractivity contribution in [3.05, 3.63) is 23.3 Å². The first-order valence-corrected chi connectivity index (χ1v) is 4.45. The molecule has 0 nitrogen and oxygen atoms in total. The van der Waals surface area contributed by atoms with Crippen LogP contribution in [0, 0.1) is 0 Å². The van der Waals surface area contributed by atoms with Gasteiger partial charge in [-0.1, -0.05) is 30.2 Å². The molecule has 11 heavy (non-hydrogen) atoms. The molecule has 0 unspecified atom stereocenters. The topological polar surface area (TPSA) is 0 Å². The predicted molar refractivity (Wildman–Crippen MR) is 52.7 cm³/mol. The van der Waals surface area contributed by atoms with Gasteiger partial charge in [0.2, 0.25) is 0 Å². The summed E-state index contributed by atoms with van der Waals surface area (Å²) in [6.45, 7) is 8.70. The zero-order valence-corrected chi connectivity index (χ0v) is 8.28. The lowest BCUT2D eigenvalue weighted by Gasteiger charge is -1.93. The number of unbranched alkanes of at least 4 members (excludes halogenated alkanes) is 1. The maximum absolute atomic E-state index is 2.33. The molecule has 0 amide bonds. The van der Waals surface area contributed by atoms with E-state index in [9.17, 15) is 0 Å². The van der Waals surface area contributed by atoms with Gasteiger partial charge in [-0.15, -0.1) is 0 Å². The highest BCUT2D eigenvalue weighted by Crippen LogP contribution is 2.03. The number of allylic oxidation sites excluding steroid dienone is 4. The zero-order chi connectivity index (χ0) is 8.69. The van der Waals surface area contributed by atoms with Gasteiger partial charge in [-0.05, 0) is 40.0 Å². The van der Waals surface area contributed by atoms with Crippen LogP contribution in [0.4, 0.5) is 0 Å². The molecule has 0 heteroatoms. The van der Waals surface area contributed by atoms with Crippen LogP contribution in [0.5, 0.6) is 0 Å². The molecule has 0 fully saturated rings. The molecule has 0 aromatic rings. The zero-order valence-electron chi connectivity index (χ0n) is 8.28. The standard InChI is InChI=1S/C11H20/c1-5-11(4)9-7-6-8-10(2)3/h8-9H,5-7H2,1-4H3. The normalized spacial score (nSPS) is 11.5. The van der Waals surface area contributed by atoms with Crippen LogP contribution in [0.25, 0.3) is 0 Å². The summed E-state index contributed by atoms with van der Waals surface area (Å²) in [7, 11) is 0. The third-order valence-electron chi connectivity index (χ3n) is 1.77. The van der Waals surface area contributed by atoms with E-state index in [2.05, 4.69) is 39.8 Å². The van der Waals surface area contributed by atoms with Crippen LogP contribution in [0.15, 0.2) is 23.3 Å². The molecule has 0 aliphatic rings. The summed E-state index contributed by atoms with van der Waals surface area (Å²) in [4.78, 5) is 0. The van der Waals surface area contributed by atoms with Crippen LogP contribution in [0.2, 0.25) is 0 Å². The Morgan fingerprint density at radius 1 is 1.00 bits per heavy atom. The highest BCUT2D eigenvalue weighted by Gasteiger charge is 1.83. The van der Waals surface area contributed by atoms with Gasteiger partial charge in [0.1, 0.15) is 0 Å². The van der Waals surface area contributed by atoms with Gasteiger partial charge in [0.25, 0.3) is 0 Å². The van der Waals surface area contributed by atoms with Gasteiger partial charge in [0.05, 0.1) is 0 Å². The molecular formula is C11H20. The van der Waals surface area contributed by atoms with Crippen molar-refractivity contribution in [3.8, 4) is 0 Å². The summed E-state index contributed by atoms with van der Waals surface area (Å²) in [5, 5.41) is 0. The summed E-state index contributed by atoms with van der Waals surface area (Å²) < 4.78 is 0. The smallest absolute Gasteiger partial charge is 0.0313 e. The fraction of sp³-hybridized carbons (Fsp3) is 0.636. The molecule has 64 valence electrons. The Hall–Kier alpha value is -0.520. The van der Waals surface area contributed by atoms with Gasteiger partial charge < -0.3 is 0 Å². The highest BCUT2D eigenvalue weighted by atomic mass is 13.9. The minimum Gasteiger partial charge on any atom is -0.0856 e. The van der Waals surface area contributed by atoms with Crippen LogP contribution in [-0.2, 0) is 0 Å². The van der Waals surface area contributed by atoms with Gasteiger partial charge in [-0.2, -0.15) is 0 Å². The van der Waals surface area contributed by atoms with Crippen molar-refractivity contribution >= 4 is 0 Å². The first kappa shape index (κ1) is 10.5. The van der Waals surface area contributed by atoms with Crippen molar-refractivity contribution in [2.24, 2.45) is 0 Å². The minimum absolute atomic E-state index is 1.19. The van der Waals surface area contributed by atoms with E-state index in [0.29, 0.717) is 0 Å². The van der Waals surface area contributed by atoms with Crippen LogP contribution >= 0.6 is 0 Å². The van der Waals surface area contributed by atoms with Crippen molar-refractivity contribution in [2.45, 2.75) is 47.0 Å². The Morgan fingerprint density at radius 3 is 2.00 bits per heavy atom. The molecule has 0 aromatic heterocycles. The molecule has 0 atom stereocenters. The monoisotopic (exact) mass is 152 g/mol. The largest absolute Gasteiger partial charge is 0.0856 e. The van der Waals surface area contributed by atoms with E-state index in [1.807, 2.05) is 0 Å². The van der Waals surface area contributed by atoms with E-state index in [1.165, 1.54) is 30.4 Å². The van der Waals surface area contributed by atoms with Crippen molar-refractivity contribution < 1.29 is 0 Å². The molecule has 0 radical (unpaired) electrons. The SMILES string of the molecule is CCC(C)=CCCC=C(C)C. The van der Waals surface area contributed by atoms with E-state index >= 15 is 0 Å². The van der Waals surface area contributed by atoms with Crippen LogP contribution in [0.3, 0.4) is 0 Å². The first-order valence-electron chi connectivity index (χ1n) is 4.45. The first-order chi connectivity index (χ1) is 5.16. The third-order valence-corrected chi connectivity index (χ3v) is 1.77. The number of hydrogen-bond donors (Lipinski definition) is 0. The van der Waals surface area contributed by atoms with E-state index in [-0.39, 0.29) is 0 Å². The lowest BCUT2D eigenvalue weighted by atomic mass is 10.1. The van der Waals surface area contributed by atoms with Gasteiger partial charge in [0.15, 0.2) is 0 Å². The maximum atomic E-state index is 2.33. The average Bonchev–Trinajstić information content (AvgIpc) is 1.97. The van der Waals surface area contributed by atoms with Crippen molar-refractivity contribution in [1.82, 2.24) is 0 Å². The lowest BCUT2D eigenvalue weighted by molar-refractivity contribution is 0.989. The van der Waals surface area contributed by atoms with Crippen LogP contribution < -0.4 is 0 Å². The summed E-state index contributed by atoms with van der Waals surface area (Å²) in [5.74, 6) is 0. The maximum Gasteiger partial charge on any atom is -0.0313 e. The second kappa shape index (κ2) is 6.21. The molecule has 0 aliphatic heterocycles. The average molecular weight is 152 g/mol. The highest BCUT2D eigenvalue weighted by molar-refractivity contribution is 4.99. The molecule has 0 N–H and O–H groups in total. The molecular weight excluding hydrogens is 132 g/mol. The third kappa shape index (κ3) is 7.38. The molecule has 0 aromatic carbocycles. The van der Waals surface area contributed by atoms with E-state index in [4.69, 9.17) is 0 Å². The van der Waals surface area contributed by atoms with Crippen molar-refractivity contribution in [1.29, 1.82) is 0 Å². The second-order valence-electron chi connectivity index (χ2n) is 3.26. The Labute approximate surface area is 71.0 Å². The Kier molecular flexibility index (Phi) is 5.91. The fourth-order valence-corrected chi connectivity index (χ4v) is 0.846. The number of hydrogen-bond acceptors (Lipinski definition) is 0. The summed E-state index contributed by atoms with van der Waals surface area (Å²) in [6, 6.07) is 0. The molecule has 0 rings (SSSR count). The second-order valence-corrected chi connectivity index (χ2v) is 3.26. The van der Waals surface area contributed by atoms with E-state index < -0.39 is 0 Å². The number of rotatable bonds is 4. The minimum atomic E-state index is 1.19. The summed E-state index contributed by atoms with van der Waals surface area (Å²) >= 11 is 0. The fourth-order valence-electron chi connectivity index (χ4n) is 0.846.